The fraction of sp³-hybridized carbons (Fsp3) is 0.296. The fourth-order valence-corrected chi connectivity index (χ4v) is 4.14. The number of anilines is 1. The lowest BCUT2D eigenvalue weighted by Gasteiger charge is -2.33. The average Bonchev–Trinajstić information content (AvgIpc) is 2.84. The second-order valence-corrected chi connectivity index (χ2v) is 8.54. The van der Waals surface area contributed by atoms with Gasteiger partial charge < -0.3 is 16.0 Å². The third-order valence-electron chi connectivity index (χ3n) is 5.81. The Balaban J connectivity index is 1.88. The molecule has 3 aromatic carbocycles. The maximum Gasteiger partial charge on any atom is 0.416 e. The van der Waals surface area contributed by atoms with Crippen LogP contribution in [0.5, 0.6) is 0 Å². The lowest BCUT2D eigenvalue weighted by Crippen LogP contribution is -2.43. The van der Waals surface area contributed by atoms with E-state index in [4.69, 9.17) is 12.2 Å². The molecule has 0 bridgehead atoms. The van der Waals surface area contributed by atoms with Crippen LogP contribution >= 0.6 is 12.2 Å². The SMILES string of the molecule is CCC(CC)NC(c1ccccc1)C(NC(=S)Nc1ccc(C(F)(F)F)cc1)c1ccccc1. The summed E-state index contributed by atoms with van der Waals surface area (Å²) in [6, 6.07) is 25.1. The Labute approximate surface area is 204 Å². The smallest absolute Gasteiger partial charge is 0.354 e. The van der Waals surface area contributed by atoms with Crippen LogP contribution in [0.3, 0.4) is 0 Å². The van der Waals surface area contributed by atoms with E-state index in [-0.39, 0.29) is 12.1 Å². The summed E-state index contributed by atoms with van der Waals surface area (Å²) < 4.78 is 38.7. The van der Waals surface area contributed by atoms with Crippen molar-refractivity contribution < 1.29 is 13.2 Å². The van der Waals surface area contributed by atoms with Crippen molar-refractivity contribution in [1.82, 2.24) is 10.6 Å². The van der Waals surface area contributed by atoms with Crippen molar-refractivity contribution >= 4 is 23.0 Å². The van der Waals surface area contributed by atoms with Crippen molar-refractivity contribution in [2.75, 3.05) is 5.32 Å². The molecule has 0 saturated heterocycles. The molecule has 0 saturated carbocycles. The summed E-state index contributed by atoms with van der Waals surface area (Å²) in [6.07, 6.45) is -2.41. The van der Waals surface area contributed by atoms with Gasteiger partial charge in [-0.25, -0.2) is 0 Å². The Morgan fingerprint density at radius 3 is 1.74 bits per heavy atom. The van der Waals surface area contributed by atoms with Crippen molar-refractivity contribution in [3.63, 3.8) is 0 Å². The van der Waals surface area contributed by atoms with Gasteiger partial charge in [0.2, 0.25) is 0 Å². The highest BCUT2D eigenvalue weighted by molar-refractivity contribution is 7.80. The Morgan fingerprint density at radius 1 is 0.765 bits per heavy atom. The predicted octanol–water partition coefficient (Wildman–Crippen LogP) is 7.25. The Hall–Kier alpha value is -2.90. The summed E-state index contributed by atoms with van der Waals surface area (Å²) in [4.78, 5) is 0. The minimum absolute atomic E-state index is 0.0825. The Morgan fingerprint density at radius 2 is 1.26 bits per heavy atom. The monoisotopic (exact) mass is 485 g/mol. The molecule has 0 aliphatic heterocycles. The van der Waals surface area contributed by atoms with Crippen LogP contribution in [0, 0.1) is 0 Å². The van der Waals surface area contributed by atoms with Gasteiger partial charge in [-0.1, -0.05) is 74.5 Å². The first-order valence-corrected chi connectivity index (χ1v) is 11.8. The molecule has 3 nitrogen and oxygen atoms in total. The molecule has 0 aliphatic carbocycles. The van der Waals surface area contributed by atoms with E-state index in [0.717, 1.165) is 36.1 Å². The summed E-state index contributed by atoms with van der Waals surface area (Å²) >= 11 is 5.59. The van der Waals surface area contributed by atoms with Crippen LogP contribution in [0.15, 0.2) is 84.9 Å². The number of halogens is 3. The summed E-state index contributed by atoms with van der Waals surface area (Å²) in [7, 11) is 0. The largest absolute Gasteiger partial charge is 0.416 e. The molecule has 0 amide bonds. The highest BCUT2D eigenvalue weighted by Gasteiger charge is 2.30. The van der Waals surface area contributed by atoms with Gasteiger partial charge in [-0.3, -0.25) is 0 Å². The first kappa shape index (κ1) is 25.7. The lowest BCUT2D eigenvalue weighted by molar-refractivity contribution is -0.137. The molecule has 0 radical (unpaired) electrons. The molecule has 2 atom stereocenters. The van der Waals surface area contributed by atoms with E-state index in [9.17, 15) is 13.2 Å². The zero-order valence-corrected chi connectivity index (χ0v) is 20.1. The molecular formula is C27H30F3N3S. The molecule has 0 heterocycles. The number of thiocarbonyl (C=S) groups is 1. The van der Waals surface area contributed by atoms with E-state index in [1.165, 1.54) is 12.1 Å². The number of alkyl halides is 3. The highest BCUT2D eigenvalue weighted by atomic mass is 32.1. The number of hydrogen-bond donors (Lipinski definition) is 3. The molecule has 34 heavy (non-hydrogen) atoms. The van der Waals surface area contributed by atoms with Gasteiger partial charge in [-0.15, -0.1) is 0 Å². The molecule has 180 valence electrons. The molecule has 2 unspecified atom stereocenters. The molecule has 0 aliphatic rings. The van der Waals surface area contributed by atoms with Crippen LogP contribution < -0.4 is 16.0 Å². The van der Waals surface area contributed by atoms with Crippen molar-refractivity contribution in [3.8, 4) is 0 Å². The minimum Gasteiger partial charge on any atom is -0.354 e. The molecule has 3 rings (SSSR count). The number of nitrogens with one attached hydrogen (secondary N) is 3. The number of rotatable bonds is 9. The van der Waals surface area contributed by atoms with Crippen LogP contribution in [-0.4, -0.2) is 11.2 Å². The molecule has 3 aromatic rings. The third-order valence-corrected chi connectivity index (χ3v) is 6.03. The summed E-state index contributed by atoms with van der Waals surface area (Å²) in [5.74, 6) is 0. The first-order valence-electron chi connectivity index (χ1n) is 11.4. The van der Waals surface area contributed by atoms with Gasteiger partial charge in [0.15, 0.2) is 5.11 Å². The van der Waals surface area contributed by atoms with Crippen LogP contribution in [0.2, 0.25) is 0 Å². The van der Waals surface area contributed by atoms with Crippen molar-refractivity contribution in [2.24, 2.45) is 0 Å². The van der Waals surface area contributed by atoms with Gasteiger partial charge in [0.05, 0.1) is 17.6 Å². The first-order chi connectivity index (χ1) is 16.3. The van der Waals surface area contributed by atoms with E-state index >= 15 is 0 Å². The van der Waals surface area contributed by atoms with Crippen LogP contribution in [0.25, 0.3) is 0 Å². The van der Waals surface area contributed by atoms with Crippen LogP contribution in [0.4, 0.5) is 18.9 Å². The molecule has 3 N–H and O–H groups in total. The zero-order valence-electron chi connectivity index (χ0n) is 19.3. The predicted molar refractivity (Wildman–Crippen MR) is 137 cm³/mol. The highest BCUT2D eigenvalue weighted by Crippen LogP contribution is 2.31. The second-order valence-electron chi connectivity index (χ2n) is 8.13. The quantitative estimate of drug-likeness (QED) is 0.279. The van der Waals surface area contributed by atoms with Gasteiger partial charge in [-0.05, 0) is 60.5 Å². The van der Waals surface area contributed by atoms with Crippen LogP contribution in [-0.2, 0) is 6.18 Å². The molecular weight excluding hydrogens is 455 g/mol. The molecule has 0 spiro atoms. The topological polar surface area (TPSA) is 36.1 Å². The van der Waals surface area contributed by atoms with E-state index in [1.54, 1.807) is 0 Å². The van der Waals surface area contributed by atoms with Gasteiger partial charge in [0.1, 0.15) is 0 Å². The van der Waals surface area contributed by atoms with Gasteiger partial charge >= 0.3 is 6.18 Å². The maximum atomic E-state index is 12.9. The normalized spacial score (nSPS) is 13.4. The van der Waals surface area contributed by atoms with Crippen LogP contribution in [0.1, 0.15) is 55.5 Å². The number of benzene rings is 3. The minimum atomic E-state index is -4.38. The standard InChI is InChI=1S/C27H30F3N3S/c1-3-22(4-2)31-24(19-11-7-5-8-12-19)25(20-13-9-6-10-14-20)33-26(34)32-23-17-15-21(16-18-23)27(28,29)30/h5-18,22,24-25,31H,3-4H2,1-2H3,(H2,32,33,34). The van der Waals surface area contributed by atoms with Gasteiger partial charge in [-0.2, -0.15) is 13.2 Å². The zero-order chi connectivity index (χ0) is 24.6. The lowest BCUT2D eigenvalue weighted by atomic mass is 9.92. The van der Waals surface area contributed by atoms with Crippen molar-refractivity contribution in [1.29, 1.82) is 0 Å². The maximum absolute atomic E-state index is 12.9. The number of hydrogen-bond acceptors (Lipinski definition) is 2. The summed E-state index contributed by atoms with van der Waals surface area (Å²) in [6.45, 7) is 4.32. The second kappa shape index (κ2) is 12.0. The fourth-order valence-electron chi connectivity index (χ4n) is 3.89. The average molecular weight is 486 g/mol. The third kappa shape index (κ3) is 7.05. The van der Waals surface area contributed by atoms with Gasteiger partial charge in [0, 0.05) is 11.7 Å². The molecule has 0 aromatic heterocycles. The Bertz CT molecular complexity index is 1020. The molecule has 0 fully saturated rings. The van der Waals surface area contributed by atoms with Crippen molar-refractivity contribution in [2.45, 2.75) is 51.0 Å². The van der Waals surface area contributed by atoms with Crippen molar-refractivity contribution in [3.05, 3.63) is 102 Å². The summed E-state index contributed by atoms with van der Waals surface area (Å²) in [5, 5.41) is 10.6. The summed E-state index contributed by atoms with van der Waals surface area (Å²) in [5.41, 5.74) is 1.96. The van der Waals surface area contributed by atoms with E-state index in [0.29, 0.717) is 16.8 Å². The van der Waals surface area contributed by atoms with E-state index < -0.39 is 11.7 Å². The van der Waals surface area contributed by atoms with E-state index in [1.807, 2.05) is 48.5 Å². The Kier molecular flexibility index (Phi) is 9.07. The van der Waals surface area contributed by atoms with Gasteiger partial charge in [0.25, 0.3) is 0 Å². The van der Waals surface area contributed by atoms with E-state index in [2.05, 4.69) is 41.9 Å². The molecule has 7 heteroatoms.